The van der Waals surface area contributed by atoms with Crippen LogP contribution in [0.15, 0.2) is 55.8 Å². The monoisotopic (exact) mass is 400 g/mol. The summed E-state index contributed by atoms with van der Waals surface area (Å²) in [5, 5.41) is 1.20. The second-order valence-electron chi connectivity index (χ2n) is 7.86. The zero-order valence-corrected chi connectivity index (χ0v) is 17.6. The van der Waals surface area contributed by atoms with E-state index in [1.54, 1.807) is 6.20 Å². The molecule has 30 heavy (non-hydrogen) atoms. The van der Waals surface area contributed by atoms with Crippen molar-refractivity contribution < 1.29 is 9.53 Å². The van der Waals surface area contributed by atoms with Gasteiger partial charge in [0.1, 0.15) is 0 Å². The number of hydrogen-bond donors (Lipinski definition) is 0. The summed E-state index contributed by atoms with van der Waals surface area (Å²) in [5.74, 6) is 0.168. The number of carbonyl (C=O) groups is 1. The molecule has 0 aliphatic heterocycles. The molecule has 1 fully saturated rings. The Kier molecular flexibility index (Phi) is 5.84. The summed E-state index contributed by atoms with van der Waals surface area (Å²) in [5.41, 5.74) is 6.07. The van der Waals surface area contributed by atoms with Crippen molar-refractivity contribution in [3.63, 3.8) is 0 Å². The van der Waals surface area contributed by atoms with E-state index in [0.717, 1.165) is 16.8 Å². The molecule has 0 radical (unpaired) electrons. The SMILES string of the molecule is C=CCn1c(-c2cccnc2C=C)c(C2CCCCC2)c2ccc(C(=O)OC)cc21. The number of esters is 1. The van der Waals surface area contributed by atoms with Gasteiger partial charge in [0, 0.05) is 29.2 Å². The molecular formula is C26H28N2O2. The molecule has 154 valence electrons. The second kappa shape index (κ2) is 8.70. The zero-order chi connectivity index (χ0) is 21.1. The predicted octanol–water partition coefficient (Wildman–Crippen LogP) is 6.37. The number of hydrogen-bond acceptors (Lipinski definition) is 3. The first kappa shape index (κ1) is 20.1. The first-order valence-corrected chi connectivity index (χ1v) is 10.6. The quantitative estimate of drug-likeness (QED) is 0.357. The van der Waals surface area contributed by atoms with Crippen LogP contribution < -0.4 is 0 Å². The molecule has 4 rings (SSSR count). The van der Waals surface area contributed by atoms with Crippen LogP contribution in [-0.2, 0) is 11.3 Å². The molecule has 1 saturated carbocycles. The van der Waals surface area contributed by atoms with Crippen LogP contribution in [0.5, 0.6) is 0 Å². The zero-order valence-electron chi connectivity index (χ0n) is 17.6. The molecule has 1 aromatic carbocycles. The van der Waals surface area contributed by atoms with Crippen LogP contribution in [0.4, 0.5) is 0 Å². The lowest BCUT2D eigenvalue weighted by atomic mass is 9.81. The standard InChI is InChI=1S/C26H28N2O2/c1-4-16-28-23-17-19(26(29)30-3)13-14-21(23)24(18-10-7-6-8-11-18)25(28)20-12-9-15-27-22(20)5-2/h4-5,9,12-15,17-18H,1-2,6-8,10-11,16H2,3H3. The van der Waals surface area contributed by atoms with Crippen LogP contribution in [0, 0.1) is 0 Å². The summed E-state index contributed by atoms with van der Waals surface area (Å²) >= 11 is 0. The lowest BCUT2D eigenvalue weighted by Gasteiger charge is -2.24. The predicted molar refractivity (Wildman–Crippen MR) is 123 cm³/mol. The number of methoxy groups -OCH3 is 1. The maximum atomic E-state index is 12.2. The van der Waals surface area contributed by atoms with E-state index in [9.17, 15) is 4.79 Å². The number of benzene rings is 1. The normalized spacial score (nSPS) is 14.6. The molecule has 1 aliphatic rings. The van der Waals surface area contributed by atoms with E-state index in [2.05, 4.69) is 34.8 Å². The van der Waals surface area contributed by atoms with Gasteiger partial charge in [-0.05, 0) is 54.7 Å². The summed E-state index contributed by atoms with van der Waals surface area (Å²) in [6, 6.07) is 10.00. The lowest BCUT2D eigenvalue weighted by Crippen LogP contribution is -2.07. The van der Waals surface area contributed by atoms with E-state index in [1.165, 1.54) is 55.9 Å². The Balaban J connectivity index is 2.07. The number of rotatable bonds is 6. The van der Waals surface area contributed by atoms with Gasteiger partial charge in [-0.2, -0.15) is 0 Å². The van der Waals surface area contributed by atoms with Crippen molar-refractivity contribution in [1.82, 2.24) is 9.55 Å². The summed E-state index contributed by atoms with van der Waals surface area (Å²) in [6.07, 6.45) is 11.7. The second-order valence-corrected chi connectivity index (χ2v) is 7.86. The van der Waals surface area contributed by atoms with Crippen molar-refractivity contribution in [2.24, 2.45) is 0 Å². The minimum absolute atomic E-state index is 0.322. The van der Waals surface area contributed by atoms with Crippen LogP contribution in [0.2, 0.25) is 0 Å². The third kappa shape index (κ3) is 3.47. The fourth-order valence-corrected chi connectivity index (χ4v) is 4.82. The third-order valence-electron chi connectivity index (χ3n) is 6.14. The molecule has 4 heteroatoms. The summed E-state index contributed by atoms with van der Waals surface area (Å²) in [7, 11) is 1.42. The van der Waals surface area contributed by atoms with E-state index in [4.69, 9.17) is 4.74 Å². The van der Waals surface area contributed by atoms with E-state index >= 15 is 0 Å². The van der Waals surface area contributed by atoms with Gasteiger partial charge >= 0.3 is 5.97 Å². The molecule has 0 atom stereocenters. The summed E-state index contributed by atoms with van der Waals surface area (Å²) in [4.78, 5) is 16.8. The van der Waals surface area contributed by atoms with Gasteiger partial charge in [0.15, 0.2) is 0 Å². The molecule has 0 bridgehead atoms. The highest BCUT2D eigenvalue weighted by Crippen LogP contribution is 2.45. The molecule has 0 N–H and O–H groups in total. The fourth-order valence-electron chi connectivity index (χ4n) is 4.82. The molecule has 2 heterocycles. The minimum Gasteiger partial charge on any atom is -0.465 e. The van der Waals surface area contributed by atoms with Crippen LogP contribution in [-0.4, -0.2) is 22.6 Å². The minimum atomic E-state index is -0.322. The smallest absolute Gasteiger partial charge is 0.337 e. The van der Waals surface area contributed by atoms with E-state index in [1.807, 2.05) is 30.4 Å². The van der Waals surface area contributed by atoms with E-state index < -0.39 is 0 Å². The van der Waals surface area contributed by atoms with E-state index in [-0.39, 0.29) is 5.97 Å². The van der Waals surface area contributed by atoms with Crippen molar-refractivity contribution in [2.45, 2.75) is 44.6 Å². The lowest BCUT2D eigenvalue weighted by molar-refractivity contribution is 0.0601. The van der Waals surface area contributed by atoms with Gasteiger partial charge < -0.3 is 9.30 Å². The van der Waals surface area contributed by atoms with Gasteiger partial charge in [-0.3, -0.25) is 4.98 Å². The van der Waals surface area contributed by atoms with E-state index in [0.29, 0.717) is 18.0 Å². The number of ether oxygens (including phenoxy) is 1. The Morgan fingerprint density at radius 2 is 2.03 bits per heavy atom. The van der Waals surface area contributed by atoms with Crippen molar-refractivity contribution in [2.75, 3.05) is 7.11 Å². The Hall–Kier alpha value is -3.14. The van der Waals surface area contributed by atoms with Gasteiger partial charge in [0.2, 0.25) is 0 Å². The highest BCUT2D eigenvalue weighted by atomic mass is 16.5. The molecule has 1 aliphatic carbocycles. The molecule has 2 aromatic heterocycles. The summed E-state index contributed by atoms with van der Waals surface area (Å²) < 4.78 is 7.23. The molecule has 3 aromatic rings. The number of carbonyl (C=O) groups excluding carboxylic acids is 1. The Labute approximate surface area is 177 Å². The first-order valence-electron chi connectivity index (χ1n) is 10.6. The molecular weight excluding hydrogens is 372 g/mol. The number of allylic oxidation sites excluding steroid dienone is 1. The number of nitrogens with zero attached hydrogens (tertiary/aromatic N) is 2. The molecule has 4 nitrogen and oxygen atoms in total. The van der Waals surface area contributed by atoms with Gasteiger partial charge in [-0.15, -0.1) is 6.58 Å². The average molecular weight is 401 g/mol. The Bertz CT molecular complexity index is 1100. The van der Waals surface area contributed by atoms with Gasteiger partial charge in [-0.1, -0.05) is 38.0 Å². The number of fused-ring (bicyclic) bond motifs is 1. The highest BCUT2D eigenvalue weighted by Gasteiger charge is 2.27. The average Bonchev–Trinajstić information content (AvgIpc) is 3.12. The molecule has 0 spiro atoms. The highest BCUT2D eigenvalue weighted by molar-refractivity contribution is 5.99. The van der Waals surface area contributed by atoms with Gasteiger partial charge in [-0.25, -0.2) is 4.79 Å². The first-order chi connectivity index (χ1) is 14.7. The maximum Gasteiger partial charge on any atom is 0.337 e. The summed E-state index contributed by atoms with van der Waals surface area (Å²) in [6.45, 7) is 8.62. The number of pyridine rings is 1. The van der Waals surface area contributed by atoms with Crippen molar-refractivity contribution in [3.05, 3.63) is 72.6 Å². The fraction of sp³-hybridized carbons (Fsp3) is 0.308. The number of aromatic nitrogens is 2. The van der Waals surface area contributed by atoms with Crippen LogP contribution in [0.1, 0.15) is 59.6 Å². The molecule has 0 saturated heterocycles. The third-order valence-corrected chi connectivity index (χ3v) is 6.14. The molecule has 0 amide bonds. The topological polar surface area (TPSA) is 44.1 Å². The van der Waals surface area contributed by atoms with Crippen molar-refractivity contribution in [3.8, 4) is 11.3 Å². The largest absolute Gasteiger partial charge is 0.465 e. The van der Waals surface area contributed by atoms with Crippen LogP contribution in [0.3, 0.4) is 0 Å². The van der Waals surface area contributed by atoms with Crippen LogP contribution >= 0.6 is 0 Å². The van der Waals surface area contributed by atoms with Crippen LogP contribution in [0.25, 0.3) is 28.2 Å². The molecule has 0 unspecified atom stereocenters. The van der Waals surface area contributed by atoms with Crippen molar-refractivity contribution >= 4 is 22.9 Å². The van der Waals surface area contributed by atoms with Gasteiger partial charge in [0.25, 0.3) is 0 Å². The Morgan fingerprint density at radius 3 is 2.73 bits per heavy atom. The maximum absolute atomic E-state index is 12.2. The van der Waals surface area contributed by atoms with Gasteiger partial charge in [0.05, 0.1) is 24.1 Å². The Morgan fingerprint density at radius 1 is 1.23 bits per heavy atom. The van der Waals surface area contributed by atoms with Crippen molar-refractivity contribution in [1.29, 1.82) is 0 Å².